The fourth-order valence-electron chi connectivity index (χ4n) is 3.87. The van der Waals surface area contributed by atoms with Crippen LogP contribution in [0.15, 0.2) is 47.8 Å². The Hall–Kier alpha value is -2.43. The van der Waals surface area contributed by atoms with Crippen LogP contribution in [0.4, 0.5) is 5.13 Å². The number of sulfonamides is 1. The lowest BCUT2D eigenvalue weighted by molar-refractivity contribution is 0.171. The Kier molecular flexibility index (Phi) is 5.56. The van der Waals surface area contributed by atoms with Crippen LogP contribution in [0, 0.1) is 0 Å². The maximum Gasteiger partial charge on any atom is 0.271 e. The van der Waals surface area contributed by atoms with Crippen LogP contribution in [0.3, 0.4) is 0 Å². The van der Waals surface area contributed by atoms with Gasteiger partial charge in [0.15, 0.2) is 0 Å². The number of aliphatic hydroxyl groups is 1. The summed E-state index contributed by atoms with van der Waals surface area (Å²) in [6.45, 7) is -0.0627. The molecule has 1 aromatic heterocycles. The molecule has 0 aliphatic heterocycles. The molecule has 30 heavy (non-hydrogen) atoms. The standard InChI is InChI=1S/C20H23N3O5S2/c1-27-17-7-6-16(18(10-17)28-2)12-23(19-21-13-22-29-19)30(25,26)20(24)9-8-14-4-3-5-15(14)11-20/h6-10,13,24H,3-5,11-12H2,1-2H3. The van der Waals surface area contributed by atoms with Crippen LogP contribution in [0.5, 0.6) is 11.5 Å². The zero-order chi connectivity index (χ0) is 21.4. The van der Waals surface area contributed by atoms with Crippen LogP contribution in [-0.4, -0.2) is 42.0 Å². The minimum Gasteiger partial charge on any atom is -0.497 e. The van der Waals surface area contributed by atoms with Gasteiger partial charge in [-0.1, -0.05) is 11.6 Å². The van der Waals surface area contributed by atoms with E-state index in [4.69, 9.17) is 9.47 Å². The van der Waals surface area contributed by atoms with Crippen molar-refractivity contribution in [2.45, 2.75) is 37.2 Å². The summed E-state index contributed by atoms with van der Waals surface area (Å²) in [7, 11) is -1.18. The average Bonchev–Trinajstić information content (AvgIpc) is 3.43. The highest BCUT2D eigenvalue weighted by Gasteiger charge is 2.47. The molecule has 0 bridgehead atoms. The van der Waals surface area contributed by atoms with Gasteiger partial charge in [-0.3, -0.25) is 0 Å². The van der Waals surface area contributed by atoms with Crippen molar-refractivity contribution in [3.63, 3.8) is 0 Å². The van der Waals surface area contributed by atoms with E-state index < -0.39 is 15.0 Å². The van der Waals surface area contributed by atoms with Crippen LogP contribution < -0.4 is 13.8 Å². The number of nitrogens with zero attached hydrogens (tertiary/aromatic N) is 3. The summed E-state index contributed by atoms with van der Waals surface area (Å²) in [5.41, 5.74) is 2.75. The van der Waals surface area contributed by atoms with E-state index in [1.807, 2.05) is 0 Å². The Bertz CT molecular complexity index is 1100. The Morgan fingerprint density at radius 3 is 2.80 bits per heavy atom. The Morgan fingerprint density at radius 1 is 1.27 bits per heavy atom. The smallest absolute Gasteiger partial charge is 0.271 e. The second kappa shape index (κ2) is 8.01. The van der Waals surface area contributed by atoms with Gasteiger partial charge >= 0.3 is 0 Å². The predicted octanol–water partition coefficient (Wildman–Crippen LogP) is 3.02. The molecule has 4 rings (SSSR count). The highest BCUT2D eigenvalue weighted by Crippen LogP contribution is 2.42. The first-order valence-corrected chi connectivity index (χ1v) is 11.7. The molecule has 1 aromatic carbocycles. The minimum absolute atomic E-state index is 0.0627. The molecule has 1 atom stereocenters. The SMILES string of the molecule is COc1ccc(CN(c2ncns2)S(=O)(=O)C2(O)C=CC3=C(CCC3)C2)c(OC)c1. The summed E-state index contributed by atoms with van der Waals surface area (Å²) in [6, 6.07) is 5.15. The van der Waals surface area contributed by atoms with Crippen molar-refractivity contribution in [3.8, 4) is 11.5 Å². The third-order valence-corrected chi connectivity index (χ3v) is 8.36. The quantitative estimate of drug-likeness (QED) is 0.693. The van der Waals surface area contributed by atoms with E-state index in [2.05, 4.69) is 9.36 Å². The number of allylic oxidation sites excluding steroid dienone is 2. The largest absolute Gasteiger partial charge is 0.497 e. The summed E-state index contributed by atoms with van der Waals surface area (Å²) in [4.78, 5) is 2.06. The summed E-state index contributed by atoms with van der Waals surface area (Å²) in [6.07, 6.45) is 7.21. The van der Waals surface area contributed by atoms with Gasteiger partial charge in [0.25, 0.3) is 10.0 Å². The summed E-state index contributed by atoms with van der Waals surface area (Å²) >= 11 is 0.953. The van der Waals surface area contributed by atoms with Gasteiger partial charge in [-0.15, -0.1) is 0 Å². The van der Waals surface area contributed by atoms with Crippen LogP contribution in [-0.2, 0) is 16.6 Å². The van der Waals surface area contributed by atoms with Gasteiger partial charge in [0, 0.05) is 29.6 Å². The Morgan fingerprint density at radius 2 is 2.10 bits per heavy atom. The molecule has 0 saturated heterocycles. The lowest BCUT2D eigenvalue weighted by Crippen LogP contribution is -2.48. The van der Waals surface area contributed by atoms with Crippen molar-refractivity contribution in [2.24, 2.45) is 0 Å². The van der Waals surface area contributed by atoms with E-state index >= 15 is 0 Å². The topological polar surface area (TPSA) is 102 Å². The molecule has 0 spiro atoms. The van der Waals surface area contributed by atoms with Gasteiger partial charge in [-0.05, 0) is 43.0 Å². The molecule has 0 radical (unpaired) electrons. The second-order valence-corrected chi connectivity index (χ2v) is 10.1. The number of hydrogen-bond acceptors (Lipinski definition) is 8. The number of rotatable bonds is 7. The lowest BCUT2D eigenvalue weighted by atomic mass is 9.98. The number of anilines is 1. The molecule has 10 heteroatoms. The first-order chi connectivity index (χ1) is 14.4. The molecular formula is C20H23N3O5S2. The maximum absolute atomic E-state index is 13.7. The highest BCUT2D eigenvalue weighted by atomic mass is 32.2. The number of aromatic nitrogens is 2. The van der Waals surface area contributed by atoms with Crippen molar-refractivity contribution in [1.82, 2.24) is 9.36 Å². The molecule has 2 aliphatic carbocycles. The Balaban J connectivity index is 1.73. The number of hydrogen-bond donors (Lipinski definition) is 1. The number of ether oxygens (including phenoxy) is 2. The van der Waals surface area contributed by atoms with E-state index in [-0.39, 0.29) is 18.1 Å². The molecule has 0 fully saturated rings. The highest BCUT2D eigenvalue weighted by molar-refractivity contribution is 7.94. The van der Waals surface area contributed by atoms with Gasteiger partial charge in [-0.2, -0.15) is 4.37 Å². The van der Waals surface area contributed by atoms with Crippen LogP contribution >= 0.6 is 11.5 Å². The van der Waals surface area contributed by atoms with Crippen LogP contribution in [0.1, 0.15) is 31.2 Å². The molecule has 8 nitrogen and oxygen atoms in total. The van der Waals surface area contributed by atoms with E-state index in [0.717, 1.165) is 46.2 Å². The zero-order valence-corrected chi connectivity index (χ0v) is 18.4. The van der Waals surface area contributed by atoms with Gasteiger partial charge in [0.05, 0.1) is 20.8 Å². The van der Waals surface area contributed by atoms with Crippen molar-refractivity contribution >= 4 is 26.7 Å². The Labute approximate surface area is 179 Å². The molecule has 2 aromatic rings. The van der Waals surface area contributed by atoms with Crippen molar-refractivity contribution in [1.29, 1.82) is 0 Å². The molecule has 1 heterocycles. The average molecular weight is 450 g/mol. The number of benzene rings is 1. The van der Waals surface area contributed by atoms with E-state index in [0.29, 0.717) is 17.1 Å². The minimum atomic E-state index is -4.24. The first-order valence-electron chi connectivity index (χ1n) is 9.50. The third kappa shape index (κ3) is 3.59. The maximum atomic E-state index is 13.7. The van der Waals surface area contributed by atoms with E-state index in [9.17, 15) is 13.5 Å². The molecular weight excluding hydrogens is 426 g/mol. The molecule has 2 aliphatic rings. The third-order valence-electron chi connectivity index (χ3n) is 5.50. The number of methoxy groups -OCH3 is 2. The summed E-state index contributed by atoms with van der Waals surface area (Å²) in [5.74, 6) is 1.07. The molecule has 1 unspecified atom stereocenters. The monoisotopic (exact) mass is 449 g/mol. The van der Waals surface area contributed by atoms with Crippen LogP contribution in [0.2, 0.25) is 0 Å². The molecule has 0 saturated carbocycles. The fourth-order valence-corrected chi connectivity index (χ4v) is 6.24. The molecule has 0 amide bonds. The van der Waals surface area contributed by atoms with Gasteiger partial charge in [0.1, 0.15) is 17.8 Å². The van der Waals surface area contributed by atoms with Crippen molar-refractivity contribution in [2.75, 3.05) is 18.5 Å². The normalized spacial score (nSPS) is 20.9. The summed E-state index contributed by atoms with van der Waals surface area (Å²) in [5, 5.41) is 11.4. The van der Waals surface area contributed by atoms with Gasteiger partial charge < -0.3 is 14.6 Å². The second-order valence-electron chi connectivity index (χ2n) is 7.25. The van der Waals surface area contributed by atoms with Crippen LogP contribution in [0.25, 0.3) is 0 Å². The fraction of sp³-hybridized carbons (Fsp3) is 0.400. The van der Waals surface area contributed by atoms with Gasteiger partial charge in [0.2, 0.25) is 10.1 Å². The first kappa shape index (κ1) is 20.8. The summed E-state index contributed by atoms with van der Waals surface area (Å²) < 4.78 is 43.1. The zero-order valence-electron chi connectivity index (χ0n) is 16.7. The van der Waals surface area contributed by atoms with Crippen molar-refractivity contribution < 1.29 is 23.0 Å². The molecule has 1 N–H and O–H groups in total. The van der Waals surface area contributed by atoms with Gasteiger partial charge in [-0.25, -0.2) is 17.7 Å². The molecule has 160 valence electrons. The predicted molar refractivity (Wildman–Crippen MR) is 114 cm³/mol. The lowest BCUT2D eigenvalue weighted by Gasteiger charge is -2.34. The van der Waals surface area contributed by atoms with E-state index in [1.54, 1.807) is 31.4 Å². The van der Waals surface area contributed by atoms with E-state index in [1.165, 1.54) is 19.5 Å². The van der Waals surface area contributed by atoms with Crippen molar-refractivity contribution in [3.05, 3.63) is 53.4 Å².